The summed E-state index contributed by atoms with van der Waals surface area (Å²) in [4.78, 5) is 15.7. The maximum absolute atomic E-state index is 11.7. The molecule has 2 amide bonds. The van der Waals surface area contributed by atoms with Gasteiger partial charge in [0.25, 0.3) is 0 Å². The number of amides is 2. The zero-order valence-electron chi connectivity index (χ0n) is 10.7. The predicted molar refractivity (Wildman–Crippen MR) is 75.7 cm³/mol. The van der Waals surface area contributed by atoms with Crippen molar-refractivity contribution >= 4 is 17.4 Å². The van der Waals surface area contributed by atoms with E-state index >= 15 is 0 Å². The summed E-state index contributed by atoms with van der Waals surface area (Å²) in [5.74, 6) is 0. The number of pyridine rings is 1. The molecule has 4 N–H and O–H groups in total. The largest absolute Gasteiger partial charge is 0.399 e. The summed E-state index contributed by atoms with van der Waals surface area (Å²) in [6.45, 7) is 2.43. The van der Waals surface area contributed by atoms with Crippen LogP contribution in [-0.4, -0.2) is 11.0 Å². The fourth-order valence-electron chi connectivity index (χ4n) is 1.60. The molecular formula is C14H16N4O. The molecule has 5 nitrogen and oxygen atoms in total. The number of aryl methyl sites for hydroxylation is 1. The maximum Gasteiger partial charge on any atom is 0.319 e. The van der Waals surface area contributed by atoms with Crippen molar-refractivity contribution in [2.24, 2.45) is 0 Å². The van der Waals surface area contributed by atoms with Crippen LogP contribution in [0.4, 0.5) is 16.2 Å². The molecule has 98 valence electrons. The second-order valence-corrected chi connectivity index (χ2v) is 4.23. The number of nitrogen functional groups attached to an aromatic ring is 1. The van der Waals surface area contributed by atoms with E-state index in [-0.39, 0.29) is 6.03 Å². The Balaban J connectivity index is 1.88. The third-order valence-electron chi connectivity index (χ3n) is 2.76. The Labute approximate surface area is 111 Å². The number of carbonyl (C=O) groups is 1. The van der Waals surface area contributed by atoms with Gasteiger partial charge in [-0.15, -0.1) is 0 Å². The predicted octanol–water partition coefficient (Wildman–Crippen LogP) is 2.29. The standard InChI is InChI=1S/C14H16N4O/c1-10-6-7-16-8-11(10)9-17-14(19)18-13-4-2-12(15)3-5-13/h2-8H,9,15H2,1H3,(H2,17,18,19). The number of hydrogen-bond acceptors (Lipinski definition) is 3. The second-order valence-electron chi connectivity index (χ2n) is 4.23. The first kappa shape index (κ1) is 12.9. The summed E-state index contributed by atoms with van der Waals surface area (Å²) in [5, 5.41) is 5.51. The van der Waals surface area contributed by atoms with Gasteiger partial charge in [-0.25, -0.2) is 4.79 Å². The number of aromatic nitrogens is 1. The Bertz CT molecular complexity index is 566. The van der Waals surface area contributed by atoms with E-state index in [1.807, 2.05) is 13.0 Å². The van der Waals surface area contributed by atoms with Crippen molar-refractivity contribution < 1.29 is 4.79 Å². The molecule has 2 rings (SSSR count). The topological polar surface area (TPSA) is 80.0 Å². The van der Waals surface area contributed by atoms with Crippen LogP contribution in [0.1, 0.15) is 11.1 Å². The Hall–Kier alpha value is -2.56. The molecule has 0 aliphatic carbocycles. The van der Waals surface area contributed by atoms with E-state index < -0.39 is 0 Å². The molecule has 0 aliphatic rings. The van der Waals surface area contributed by atoms with Crippen LogP contribution in [0.25, 0.3) is 0 Å². The summed E-state index contributed by atoms with van der Waals surface area (Å²) < 4.78 is 0. The van der Waals surface area contributed by atoms with E-state index in [1.165, 1.54) is 0 Å². The highest BCUT2D eigenvalue weighted by molar-refractivity contribution is 5.89. The fraction of sp³-hybridized carbons (Fsp3) is 0.143. The minimum atomic E-state index is -0.256. The normalized spacial score (nSPS) is 9.95. The smallest absolute Gasteiger partial charge is 0.319 e. The summed E-state index contributed by atoms with van der Waals surface area (Å²) in [6.07, 6.45) is 3.48. The molecule has 0 unspecified atom stereocenters. The highest BCUT2D eigenvalue weighted by Gasteiger charge is 2.03. The molecule has 0 saturated heterocycles. The quantitative estimate of drug-likeness (QED) is 0.737. The summed E-state index contributed by atoms with van der Waals surface area (Å²) in [5.41, 5.74) is 9.04. The second kappa shape index (κ2) is 5.86. The van der Waals surface area contributed by atoms with Gasteiger partial charge in [-0.05, 0) is 48.4 Å². The van der Waals surface area contributed by atoms with Crippen LogP contribution in [0, 0.1) is 6.92 Å². The van der Waals surface area contributed by atoms with Gasteiger partial charge in [0.2, 0.25) is 0 Å². The SMILES string of the molecule is Cc1ccncc1CNC(=O)Nc1ccc(N)cc1. The molecule has 1 aromatic carbocycles. The third kappa shape index (κ3) is 3.70. The number of rotatable bonds is 3. The van der Waals surface area contributed by atoms with Gasteiger partial charge in [0.1, 0.15) is 0 Å². The van der Waals surface area contributed by atoms with E-state index in [4.69, 9.17) is 5.73 Å². The molecule has 1 aromatic heterocycles. The number of carbonyl (C=O) groups excluding carboxylic acids is 1. The van der Waals surface area contributed by atoms with Gasteiger partial charge in [0.05, 0.1) is 0 Å². The first-order chi connectivity index (χ1) is 9.15. The van der Waals surface area contributed by atoms with Gasteiger partial charge in [0, 0.05) is 30.3 Å². The van der Waals surface area contributed by atoms with Crippen LogP contribution in [0.5, 0.6) is 0 Å². The van der Waals surface area contributed by atoms with Crippen molar-refractivity contribution in [3.8, 4) is 0 Å². The zero-order valence-corrected chi connectivity index (χ0v) is 10.7. The van der Waals surface area contributed by atoms with Gasteiger partial charge in [-0.3, -0.25) is 4.98 Å². The maximum atomic E-state index is 11.7. The molecule has 0 radical (unpaired) electrons. The van der Waals surface area contributed by atoms with Gasteiger partial charge in [-0.2, -0.15) is 0 Å². The average Bonchev–Trinajstić information content (AvgIpc) is 2.40. The number of urea groups is 1. The monoisotopic (exact) mass is 256 g/mol. The van der Waals surface area contributed by atoms with E-state index in [0.29, 0.717) is 17.9 Å². The molecule has 0 fully saturated rings. The highest BCUT2D eigenvalue weighted by Crippen LogP contribution is 2.10. The molecule has 0 saturated carbocycles. The lowest BCUT2D eigenvalue weighted by Crippen LogP contribution is -2.28. The molecule has 0 atom stereocenters. The van der Waals surface area contributed by atoms with E-state index in [0.717, 1.165) is 11.1 Å². The van der Waals surface area contributed by atoms with Gasteiger partial charge < -0.3 is 16.4 Å². The first-order valence-corrected chi connectivity index (χ1v) is 5.95. The van der Waals surface area contributed by atoms with Crippen LogP contribution in [-0.2, 0) is 6.54 Å². The molecule has 5 heteroatoms. The number of benzene rings is 1. The highest BCUT2D eigenvalue weighted by atomic mass is 16.2. The summed E-state index contributed by atoms with van der Waals surface area (Å²) >= 11 is 0. The summed E-state index contributed by atoms with van der Waals surface area (Å²) in [6, 6.07) is 8.64. The van der Waals surface area contributed by atoms with E-state index in [9.17, 15) is 4.79 Å². The molecule has 0 bridgehead atoms. The van der Waals surface area contributed by atoms with Gasteiger partial charge in [-0.1, -0.05) is 0 Å². The Morgan fingerprint density at radius 1 is 1.26 bits per heavy atom. The lowest BCUT2D eigenvalue weighted by atomic mass is 10.2. The van der Waals surface area contributed by atoms with Crippen LogP contribution in [0.15, 0.2) is 42.7 Å². The van der Waals surface area contributed by atoms with Crippen molar-refractivity contribution in [3.63, 3.8) is 0 Å². The lowest BCUT2D eigenvalue weighted by Gasteiger charge is -2.09. The molecule has 19 heavy (non-hydrogen) atoms. The fourth-order valence-corrected chi connectivity index (χ4v) is 1.60. The number of nitrogens with zero attached hydrogens (tertiary/aromatic N) is 1. The third-order valence-corrected chi connectivity index (χ3v) is 2.76. The van der Waals surface area contributed by atoms with Crippen LogP contribution in [0.3, 0.4) is 0 Å². The van der Waals surface area contributed by atoms with Crippen molar-refractivity contribution in [3.05, 3.63) is 53.9 Å². The molecule has 0 spiro atoms. The van der Waals surface area contributed by atoms with Crippen molar-refractivity contribution in [1.29, 1.82) is 0 Å². The minimum Gasteiger partial charge on any atom is -0.399 e. The van der Waals surface area contributed by atoms with E-state index in [1.54, 1.807) is 36.7 Å². The van der Waals surface area contributed by atoms with Crippen molar-refractivity contribution in [2.45, 2.75) is 13.5 Å². The number of nitrogens with two attached hydrogens (primary N) is 1. The van der Waals surface area contributed by atoms with Crippen LogP contribution < -0.4 is 16.4 Å². The molecule has 1 heterocycles. The number of nitrogens with one attached hydrogen (secondary N) is 2. The van der Waals surface area contributed by atoms with E-state index in [2.05, 4.69) is 15.6 Å². The molecular weight excluding hydrogens is 240 g/mol. The number of hydrogen-bond donors (Lipinski definition) is 3. The van der Waals surface area contributed by atoms with Gasteiger partial charge in [0.15, 0.2) is 0 Å². The van der Waals surface area contributed by atoms with Crippen LogP contribution in [0.2, 0.25) is 0 Å². The van der Waals surface area contributed by atoms with Gasteiger partial charge >= 0.3 is 6.03 Å². The summed E-state index contributed by atoms with van der Waals surface area (Å²) in [7, 11) is 0. The van der Waals surface area contributed by atoms with Crippen molar-refractivity contribution in [2.75, 3.05) is 11.1 Å². The zero-order chi connectivity index (χ0) is 13.7. The minimum absolute atomic E-state index is 0.256. The van der Waals surface area contributed by atoms with Crippen LogP contribution >= 0.6 is 0 Å². The molecule has 2 aromatic rings. The Morgan fingerprint density at radius 3 is 2.68 bits per heavy atom. The number of anilines is 2. The lowest BCUT2D eigenvalue weighted by molar-refractivity contribution is 0.251. The Morgan fingerprint density at radius 2 is 2.00 bits per heavy atom. The Kier molecular flexibility index (Phi) is 3.97. The first-order valence-electron chi connectivity index (χ1n) is 5.95. The molecule has 0 aliphatic heterocycles. The van der Waals surface area contributed by atoms with Crippen molar-refractivity contribution in [1.82, 2.24) is 10.3 Å². The average molecular weight is 256 g/mol.